The third-order valence-corrected chi connectivity index (χ3v) is 5.01. The van der Waals surface area contributed by atoms with Crippen LogP contribution in [0, 0.1) is 0 Å². The molecule has 3 rings (SSSR count). The Morgan fingerprint density at radius 3 is 2.48 bits per heavy atom. The van der Waals surface area contributed by atoms with Gasteiger partial charge in [0.1, 0.15) is 0 Å². The zero-order valence-corrected chi connectivity index (χ0v) is 16.3. The van der Waals surface area contributed by atoms with Crippen molar-refractivity contribution in [3.63, 3.8) is 0 Å². The Balaban J connectivity index is 2.17. The number of carbonyl (C=O) groups excluding carboxylic acids is 2. The maximum Gasteiger partial charge on any atom is 0.340 e. The average molecular weight is 402 g/mol. The molecular weight excluding hydrogens is 385 g/mol. The van der Waals surface area contributed by atoms with Crippen LogP contribution in [0.1, 0.15) is 19.4 Å². The van der Waals surface area contributed by atoms with Gasteiger partial charge in [0.15, 0.2) is 0 Å². The molecule has 2 aromatic rings. The molecule has 27 heavy (non-hydrogen) atoms. The van der Waals surface area contributed by atoms with Gasteiger partial charge in [-0.05, 0) is 43.7 Å². The van der Waals surface area contributed by atoms with E-state index in [2.05, 4.69) is 0 Å². The van der Waals surface area contributed by atoms with Crippen molar-refractivity contribution in [1.82, 2.24) is 0 Å². The summed E-state index contributed by atoms with van der Waals surface area (Å²) in [6.07, 6.45) is 1.58. The number of anilines is 1. The predicted octanol–water partition coefficient (Wildman–Crippen LogP) is 5.26. The summed E-state index contributed by atoms with van der Waals surface area (Å²) in [6.45, 7) is 3.65. The molecule has 1 aliphatic rings. The number of benzene rings is 2. The van der Waals surface area contributed by atoms with Crippen LogP contribution in [0.5, 0.6) is 0 Å². The van der Waals surface area contributed by atoms with E-state index in [1.54, 1.807) is 50.3 Å². The molecule has 0 unspecified atom stereocenters. The van der Waals surface area contributed by atoms with Crippen molar-refractivity contribution < 1.29 is 14.3 Å². The molecule has 0 spiro atoms. The average Bonchev–Trinajstić information content (AvgIpc) is 2.90. The number of allylic oxidation sites excluding steroid dienone is 1. The molecule has 6 heteroatoms. The van der Waals surface area contributed by atoms with E-state index >= 15 is 0 Å². The van der Waals surface area contributed by atoms with Crippen molar-refractivity contribution in [2.45, 2.75) is 13.8 Å². The van der Waals surface area contributed by atoms with Crippen LogP contribution in [-0.4, -0.2) is 18.5 Å². The van der Waals surface area contributed by atoms with E-state index in [4.69, 9.17) is 27.9 Å². The van der Waals surface area contributed by atoms with Gasteiger partial charge in [0.25, 0.3) is 5.91 Å². The Morgan fingerprint density at radius 1 is 1.11 bits per heavy atom. The number of esters is 1. The maximum absolute atomic E-state index is 13.2. The molecule has 0 N–H and O–H groups in total. The third kappa shape index (κ3) is 3.64. The highest BCUT2D eigenvalue weighted by atomic mass is 35.5. The Kier molecular flexibility index (Phi) is 5.68. The highest BCUT2D eigenvalue weighted by Gasteiger charge is 2.38. The molecule has 1 heterocycles. The van der Waals surface area contributed by atoms with Crippen molar-refractivity contribution in [2.75, 3.05) is 11.5 Å². The van der Waals surface area contributed by atoms with Crippen LogP contribution < -0.4 is 4.90 Å². The molecule has 0 radical (unpaired) electrons. The second-order valence-corrected chi connectivity index (χ2v) is 6.64. The molecule has 1 amide bonds. The Hall–Kier alpha value is -2.56. The number of halogens is 2. The van der Waals surface area contributed by atoms with Crippen LogP contribution in [0.2, 0.25) is 10.0 Å². The van der Waals surface area contributed by atoms with Gasteiger partial charge >= 0.3 is 5.97 Å². The van der Waals surface area contributed by atoms with E-state index in [0.29, 0.717) is 27.0 Å². The number of ether oxygens (including phenoxy) is 1. The quantitative estimate of drug-likeness (QED) is 0.518. The summed E-state index contributed by atoms with van der Waals surface area (Å²) in [7, 11) is 0. The molecule has 0 aliphatic carbocycles. The first kappa shape index (κ1) is 19.2. The summed E-state index contributed by atoms with van der Waals surface area (Å²) in [5.74, 6) is -0.871. The van der Waals surface area contributed by atoms with Crippen molar-refractivity contribution >= 4 is 46.8 Å². The summed E-state index contributed by atoms with van der Waals surface area (Å²) >= 11 is 12.3. The normalized spacial score (nSPS) is 15.6. The van der Waals surface area contributed by atoms with Crippen molar-refractivity contribution in [3.8, 4) is 0 Å². The highest BCUT2D eigenvalue weighted by Crippen LogP contribution is 2.37. The summed E-state index contributed by atoms with van der Waals surface area (Å²) in [5.41, 5.74) is 2.18. The van der Waals surface area contributed by atoms with Gasteiger partial charge in [-0.1, -0.05) is 53.5 Å². The fraction of sp³-hybridized carbons (Fsp3) is 0.143. The molecule has 2 aromatic carbocycles. The minimum Gasteiger partial charge on any atom is -0.462 e. The number of para-hydroxylation sites is 1. The third-order valence-electron chi connectivity index (χ3n) is 4.18. The molecule has 0 bridgehead atoms. The number of rotatable bonds is 4. The Morgan fingerprint density at radius 2 is 1.81 bits per heavy atom. The maximum atomic E-state index is 13.2. The van der Waals surface area contributed by atoms with Crippen molar-refractivity contribution in [1.29, 1.82) is 0 Å². The fourth-order valence-electron chi connectivity index (χ4n) is 2.96. The minimum atomic E-state index is -0.550. The van der Waals surface area contributed by atoms with E-state index in [0.717, 1.165) is 0 Å². The molecule has 0 aromatic heterocycles. The van der Waals surface area contributed by atoms with E-state index in [-0.39, 0.29) is 23.7 Å². The molecule has 0 fully saturated rings. The van der Waals surface area contributed by atoms with Crippen LogP contribution >= 0.6 is 23.2 Å². The van der Waals surface area contributed by atoms with Gasteiger partial charge in [-0.2, -0.15) is 0 Å². The standard InChI is InChI=1S/C21H17Cl2NO3/c1-3-27-21(26)18-13(2)24(15-9-5-4-6-10-15)20(25)16(18)12-14-8-7-11-17(22)19(14)23/h4-12H,3H2,1-2H3/b16-12-. The Bertz CT molecular complexity index is 965. The fourth-order valence-corrected chi connectivity index (χ4v) is 3.32. The van der Waals surface area contributed by atoms with Gasteiger partial charge in [0.05, 0.1) is 27.8 Å². The van der Waals surface area contributed by atoms with E-state index in [9.17, 15) is 9.59 Å². The summed E-state index contributed by atoms with van der Waals surface area (Å²) < 4.78 is 5.18. The van der Waals surface area contributed by atoms with Gasteiger partial charge in [-0.15, -0.1) is 0 Å². The topological polar surface area (TPSA) is 46.6 Å². The molecular formula is C21H17Cl2NO3. The van der Waals surface area contributed by atoms with E-state index < -0.39 is 5.97 Å². The molecule has 0 saturated heterocycles. The Labute approximate surface area is 167 Å². The number of amides is 1. The largest absolute Gasteiger partial charge is 0.462 e. The highest BCUT2D eigenvalue weighted by molar-refractivity contribution is 6.43. The van der Waals surface area contributed by atoms with Crippen molar-refractivity contribution in [3.05, 3.63) is 81.0 Å². The molecule has 138 valence electrons. The second kappa shape index (κ2) is 7.99. The molecule has 0 saturated carbocycles. The lowest BCUT2D eigenvalue weighted by atomic mass is 10.0. The predicted molar refractivity (Wildman–Crippen MR) is 108 cm³/mol. The number of hydrogen-bond acceptors (Lipinski definition) is 3. The van der Waals surface area contributed by atoms with Crippen LogP contribution in [-0.2, 0) is 14.3 Å². The zero-order chi connectivity index (χ0) is 19.6. The lowest BCUT2D eigenvalue weighted by Crippen LogP contribution is -2.24. The summed E-state index contributed by atoms with van der Waals surface area (Å²) in [6, 6.07) is 14.3. The van der Waals surface area contributed by atoms with Gasteiger partial charge in [-0.3, -0.25) is 9.69 Å². The van der Waals surface area contributed by atoms with Crippen LogP contribution in [0.3, 0.4) is 0 Å². The monoisotopic (exact) mass is 401 g/mol. The van der Waals surface area contributed by atoms with Gasteiger partial charge in [0, 0.05) is 11.4 Å². The van der Waals surface area contributed by atoms with Gasteiger partial charge in [-0.25, -0.2) is 4.79 Å². The first-order valence-corrected chi connectivity index (χ1v) is 9.14. The van der Waals surface area contributed by atoms with Gasteiger partial charge < -0.3 is 4.74 Å². The van der Waals surface area contributed by atoms with Crippen LogP contribution in [0.25, 0.3) is 6.08 Å². The van der Waals surface area contributed by atoms with Crippen LogP contribution in [0.15, 0.2) is 65.4 Å². The first-order valence-electron chi connectivity index (χ1n) is 8.39. The van der Waals surface area contributed by atoms with Crippen molar-refractivity contribution in [2.24, 2.45) is 0 Å². The number of hydrogen-bond donors (Lipinski definition) is 0. The molecule has 0 atom stereocenters. The summed E-state index contributed by atoms with van der Waals surface area (Å²) in [4.78, 5) is 27.2. The lowest BCUT2D eigenvalue weighted by molar-refractivity contribution is -0.138. The lowest BCUT2D eigenvalue weighted by Gasteiger charge is -2.17. The van der Waals surface area contributed by atoms with E-state index in [1.807, 2.05) is 18.2 Å². The van der Waals surface area contributed by atoms with E-state index in [1.165, 1.54) is 4.90 Å². The SMILES string of the molecule is CCOC(=O)C1=C(C)N(c2ccccc2)C(=O)/C1=C\c1cccc(Cl)c1Cl. The summed E-state index contributed by atoms with van der Waals surface area (Å²) in [5, 5.41) is 0.688. The van der Waals surface area contributed by atoms with Gasteiger partial charge in [0.2, 0.25) is 0 Å². The molecule has 1 aliphatic heterocycles. The number of carbonyl (C=O) groups is 2. The second-order valence-electron chi connectivity index (χ2n) is 5.86. The minimum absolute atomic E-state index is 0.209. The zero-order valence-electron chi connectivity index (χ0n) is 14.8. The smallest absolute Gasteiger partial charge is 0.340 e. The number of nitrogens with zero attached hydrogens (tertiary/aromatic N) is 1. The van der Waals surface area contributed by atoms with Crippen LogP contribution in [0.4, 0.5) is 5.69 Å². The molecule has 4 nitrogen and oxygen atoms in total. The first-order chi connectivity index (χ1) is 13.0.